The number of ketones is 1. The van der Waals surface area contributed by atoms with E-state index in [4.69, 9.17) is 18.9 Å². The molecule has 0 bridgehead atoms. The van der Waals surface area contributed by atoms with Crippen LogP contribution in [0.3, 0.4) is 0 Å². The summed E-state index contributed by atoms with van der Waals surface area (Å²) in [7, 11) is 3.19. The van der Waals surface area contributed by atoms with E-state index < -0.39 is 0 Å². The van der Waals surface area contributed by atoms with E-state index in [1.54, 1.807) is 14.2 Å². The Morgan fingerprint density at radius 2 is 1.64 bits per heavy atom. The molecule has 1 heterocycles. The fourth-order valence-electron chi connectivity index (χ4n) is 3.42. The van der Waals surface area contributed by atoms with Crippen LogP contribution in [0, 0.1) is 0 Å². The first-order valence-corrected chi connectivity index (χ1v) is 9.66. The number of fused-ring (bicyclic) bond motifs is 1. The summed E-state index contributed by atoms with van der Waals surface area (Å²) in [5, 5.41) is 0. The van der Waals surface area contributed by atoms with E-state index in [1.807, 2.05) is 42.5 Å². The number of benzene rings is 2. The summed E-state index contributed by atoms with van der Waals surface area (Å²) in [5.74, 6) is 2.72. The number of halogens is 1. The molecule has 0 unspecified atom stereocenters. The van der Waals surface area contributed by atoms with Gasteiger partial charge in [0.15, 0.2) is 28.8 Å². The Labute approximate surface area is 171 Å². The summed E-state index contributed by atoms with van der Waals surface area (Å²) in [6.07, 6.45) is 5.18. The topological polar surface area (TPSA) is 54.0 Å². The van der Waals surface area contributed by atoms with Crippen LogP contribution in [0.15, 0.2) is 46.0 Å². The van der Waals surface area contributed by atoms with Crippen LogP contribution in [-0.4, -0.2) is 26.8 Å². The molecular formula is C22H19BrO5. The fraction of sp³-hybridized carbons (Fsp3) is 0.227. The van der Waals surface area contributed by atoms with Crippen LogP contribution in [0.2, 0.25) is 0 Å². The van der Waals surface area contributed by atoms with Crippen molar-refractivity contribution in [3.63, 3.8) is 0 Å². The Kier molecular flexibility index (Phi) is 5.13. The number of hydrogen-bond acceptors (Lipinski definition) is 5. The summed E-state index contributed by atoms with van der Waals surface area (Å²) in [6.45, 7) is 0.218. The molecule has 0 radical (unpaired) electrons. The van der Waals surface area contributed by atoms with Crippen molar-refractivity contribution in [3.05, 3.63) is 57.1 Å². The Balaban J connectivity index is 1.65. The molecule has 2 aliphatic rings. The van der Waals surface area contributed by atoms with E-state index in [9.17, 15) is 4.79 Å². The molecule has 0 N–H and O–H groups in total. The molecule has 6 heteroatoms. The predicted molar refractivity (Wildman–Crippen MR) is 110 cm³/mol. The summed E-state index contributed by atoms with van der Waals surface area (Å²) in [6, 6.07) is 9.39. The van der Waals surface area contributed by atoms with Gasteiger partial charge in [-0.2, -0.15) is 0 Å². The van der Waals surface area contributed by atoms with Gasteiger partial charge in [-0.05, 0) is 48.8 Å². The van der Waals surface area contributed by atoms with E-state index in [-0.39, 0.29) is 12.6 Å². The second kappa shape index (κ2) is 7.72. The molecule has 0 aromatic heterocycles. The first-order valence-electron chi connectivity index (χ1n) is 8.86. The summed E-state index contributed by atoms with van der Waals surface area (Å²) < 4.78 is 22.5. The van der Waals surface area contributed by atoms with Gasteiger partial charge in [-0.3, -0.25) is 4.79 Å². The number of Topliss-reactive ketones (excluding diaryl/α,β-unsaturated/α-hetero) is 1. The zero-order valence-electron chi connectivity index (χ0n) is 15.6. The molecular weight excluding hydrogens is 424 g/mol. The molecule has 1 saturated carbocycles. The Hall–Kier alpha value is -2.73. The highest BCUT2D eigenvalue weighted by Crippen LogP contribution is 2.39. The molecule has 0 amide bonds. The highest BCUT2D eigenvalue weighted by molar-refractivity contribution is 9.10. The van der Waals surface area contributed by atoms with Gasteiger partial charge in [0.25, 0.3) is 0 Å². The van der Waals surface area contributed by atoms with Crippen molar-refractivity contribution < 1.29 is 23.7 Å². The van der Waals surface area contributed by atoms with Gasteiger partial charge < -0.3 is 18.9 Å². The van der Waals surface area contributed by atoms with Crippen LogP contribution < -0.4 is 18.9 Å². The summed E-state index contributed by atoms with van der Waals surface area (Å²) in [5.41, 5.74) is 3.26. The van der Waals surface area contributed by atoms with Crippen molar-refractivity contribution in [2.24, 2.45) is 0 Å². The van der Waals surface area contributed by atoms with E-state index in [0.717, 1.165) is 26.7 Å². The van der Waals surface area contributed by atoms with Crippen molar-refractivity contribution in [1.82, 2.24) is 0 Å². The minimum Gasteiger partial charge on any atom is -0.493 e. The number of methoxy groups -OCH3 is 2. The van der Waals surface area contributed by atoms with Gasteiger partial charge in [-0.25, -0.2) is 0 Å². The van der Waals surface area contributed by atoms with E-state index in [1.165, 1.54) is 0 Å². The number of para-hydroxylation sites is 1. The molecule has 144 valence electrons. The van der Waals surface area contributed by atoms with Gasteiger partial charge in [0.2, 0.25) is 6.79 Å². The molecule has 2 aromatic carbocycles. The quantitative estimate of drug-likeness (QED) is 0.621. The Bertz CT molecular complexity index is 1010. The maximum absolute atomic E-state index is 12.9. The highest BCUT2D eigenvalue weighted by Gasteiger charge is 2.25. The number of rotatable bonds is 4. The lowest BCUT2D eigenvalue weighted by Crippen LogP contribution is -1.97. The van der Waals surface area contributed by atoms with Crippen molar-refractivity contribution >= 4 is 33.9 Å². The molecule has 0 atom stereocenters. The molecule has 5 nitrogen and oxygen atoms in total. The van der Waals surface area contributed by atoms with Gasteiger partial charge in [-0.1, -0.05) is 28.1 Å². The van der Waals surface area contributed by atoms with Crippen molar-refractivity contribution in [3.8, 4) is 23.0 Å². The van der Waals surface area contributed by atoms with Crippen LogP contribution in [0.1, 0.15) is 24.0 Å². The van der Waals surface area contributed by atoms with Crippen molar-refractivity contribution in [2.75, 3.05) is 21.0 Å². The van der Waals surface area contributed by atoms with E-state index in [0.29, 0.717) is 35.8 Å². The molecule has 2 aromatic rings. The average Bonchev–Trinajstić information content (AvgIpc) is 3.29. The second-order valence-electron chi connectivity index (χ2n) is 6.48. The number of hydrogen-bond donors (Lipinski definition) is 0. The molecule has 28 heavy (non-hydrogen) atoms. The van der Waals surface area contributed by atoms with Gasteiger partial charge in [0.1, 0.15) is 0 Å². The maximum atomic E-state index is 12.9. The normalized spacial score (nSPS) is 18.2. The summed E-state index contributed by atoms with van der Waals surface area (Å²) >= 11 is 3.54. The van der Waals surface area contributed by atoms with E-state index in [2.05, 4.69) is 15.9 Å². The highest BCUT2D eigenvalue weighted by atomic mass is 79.9. The van der Waals surface area contributed by atoms with E-state index >= 15 is 0 Å². The van der Waals surface area contributed by atoms with Crippen LogP contribution in [-0.2, 0) is 4.79 Å². The average molecular weight is 443 g/mol. The minimum absolute atomic E-state index is 0.0504. The number of carbonyl (C=O) groups excluding carboxylic acids is 1. The van der Waals surface area contributed by atoms with Crippen molar-refractivity contribution in [1.29, 1.82) is 0 Å². The zero-order valence-corrected chi connectivity index (χ0v) is 17.2. The van der Waals surface area contributed by atoms with Gasteiger partial charge in [-0.15, -0.1) is 0 Å². The first kappa shape index (κ1) is 18.6. The Morgan fingerprint density at radius 1 is 0.964 bits per heavy atom. The lowest BCUT2D eigenvalue weighted by Gasteiger charge is -2.10. The molecule has 1 aliphatic carbocycles. The molecule has 1 aliphatic heterocycles. The fourth-order valence-corrected chi connectivity index (χ4v) is 3.86. The molecule has 0 spiro atoms. The molecule has 4 rings (SSSR count). The predicted octanol–water partition coefficient (Wildman–Crippen LogP) is 5.02. The second-order valence-corrected chi connectivity index (χ2v) is 7.33. The number of ether oxygens (including phenoxy) is 4. The third-order valence-corrected chi connectivity index (χ3v) is 5.52. The largest absolute Gasteiger partial charge is 0.493 e. The third kappa shape index (κ3) is 3.40. The Morgan fingerprint density at radius 3 is 2.32 bits per heavy atom. The SMILES string of the molecule is COc1cccc(/C=C2\CC/C(=C\c3cc4c(cc3Br)OCO4)C2=O)c1OC. The molecule has 0 saturated heterocycles. The van der Waals surface area contributed by atoms with Crippen LogP contribution >= 0.6 is 15.9 Å². The van der Waals surface area contributed by atoms with Crippen LogP contribution in [0.25, 0.3) is 12.2 Å². The summed E-state index contributed by atoms with van der Waals surface area (Å²) in [4.78, 5) is 12.9. The van der Waals surface area contributed by atoms with Gasteiger partial charge in [0.05, 0.1) is 14.2 Å². The zero-order chi connectivity index (χ0) is 19.7. The standard InChI is InChI=1S/C22H19BrO5/c1-25-18-5-3-4-15(22(18)26-2)8-13-6-7-14(21(13)24)9-16-10-19-20(11-17(16)23)28-12-27-19/h3-5,8-11H,6-7,12H2,1-2H3/b13-8+,14-9+. The first-order chi connectivity index (χ1) is 13.6. The van der Waals surface area contributed by atoms with Gasteiger partial charge in [0, 0.05) is 21.2 Å². The smallest absolute Gasteiger partial charge is 0.231 e. The third-order valence-electron chi connectivity index (χ3n) is 4.83. The monoisotopic (exact) mass is 442 g/mol. The lowest BCUT2D eigenvalue weighted by molar-refractivity contribution is -0.111. The van der Waals surface area contributed by atoms with Crippen LogP contribution in [0.4, 0.5) is 0 Å². The number of allylic oxidation sites excluding steroid dienone is 2. The minimum atomic E-state index is 0.0504. The number of carbonyl (C=O) groups is 1. The maximum Gasteiger partial charge on any atom is 0.231 e. The van der Waals surface area contributed by atoms with Crippen molar-refractivity contribution in [2.45, 2.75) is 12.8 Å². The molecule has 1 fully saturated rings. The van der Waals surface area contributed by atoms with Crippen LogP contribution in [0.5, 0.6) is 23.0 Å². The van der Waals surface area contributed by atoms with Gasteiger partial charge >= 0.3 is 0 Å². The lowest BCUT2D eigenvalue weighted by atomic mass is 10.1.